The van der Waals surface area contributed by atoms with Crippen LogP contribution in [0.5, 0.6) is 0 Å². The van der Waals surface area contributed by atoms with Crippen molar-refractivity contribution in [2.24, 2.45) is 17.8 Å². The molecular weight excluding hydrogens is 287 g/mol. The standard InChI is InChI=1S/C14H22F3NO3/c1-3-8(2)11(13(20)21)18-12(19)9-4-6-10(7-5-9)14(15,16)17/h8-11H,3-7H2,1-2H3,(H,18,19)(H,20,21)/t8-,9?,10?,11-/m0/s1. The van der Waals surface area contributed by atoms with Crippen molar-refractivity contribution in [3.63, 3.8) is 0 Å². The van der Waals surface area contributed by atoms with Gasteiger partial charge in [-0.05, 0) is 31.6 Å². The van der Waals surface area contributed by atoms with Gasteiger partial charge in [-0.3, -0.25) is 4.79 Å². The molecule has 0 aliphatic heterocycles. The first-order valence-electron chi connectivity index (χ1n) is 7.26. The Morgan fingerprint density at radius 3 is 2.14 bits per heavy atom. The van der Waals surface area contributed by atoms with Gasteiger partial charge in [-0.15, -0.1) is 0 Å². The van der Waals surface area contributed by atoms with Crippen LogP contribution in [-0.2, 0) is 9.59 Å². The van der Waals surface area contributed by atoms with E-state index >= 15 is 0 Å². The van der Waals surface area contributed by atoms with Crippen LogP contribution in [0.1, 0.15) is 46.0 Å². The molecule has 7 heteroatoms. The largest absolute Gasteiger partial charge is 0.480 e. The minimum absolute atomic E-state index is 0.0668. The molecule has 1 fully saturated rings. The lowest BCUT2D eigenvalue weighted by atomic mass is 9.81. The monoisotopic (exact) mass is 309 g/mol. The zero-order valence-corrected chi connectivity index (χ0v) is 12.2. The van der Waals surface area contributed by atoms with E-state index in [0.717, 1.165) is 0 Å². The summed E-state index contributed by atoms with van der Waals surface area (Å²) in [6.07, 6.45) is -3.43. The molecule has 0 spiro atoms. The Balaban J connectivity index is 2.55. The van der Waals surface area contributed by atoms with Crippen molar-refractivity contribution >= 4 is 11.9 Å². The van der Waals surface area contributed by atoms with Gasteiger partial charge in [0.25, 0.3) is 0 Å². The zero-order chi connectivity index (χ0) is 16.2. The van der Waals surface area contributed by atoms with Crippen LogP contribution >= 0.6 is 0 Å². The Morgan fingerprint density at radius 2 is 1.76 bits per heavy atom. The van der Waals surface area contributed by atoms with Crippen LogP contribution in [0.3, 0.4) is 0 Å². The number of hydrogen-bond acceptors (Lipinski definition) is 2. The molecule has 2 N–H and O–H groups in total. The fraction of sp³-hybridized carbons (Fsp3) is 0.857. The smallest absolute Gasteiger partial charge is 0.391 e. The van der Waals surface area contributed by atoms with E-state index in [1.807, 2.05) is 6.92 Å². The van der Waals surface area contributed by atoms with Gasteiger partial charge in [0, 0.05) is 5.92 Å². The topological polar surface area (TPSA) is 66.4 Å². The molecule has 0 heterocycles. The second-order valence-electron chi connectivity index (χ2n) is 5.80. The predicted octanol–water partition coefficient (Wildman–Crippen LogP) is 2.97. The first-order chi connectivity index (χ1) is 9.66. The van der Waals surface area contributed by atoms with Crippen LogP contribution < -0.4 is 5.32 Å². The highest BCUT2D eigenvalue weighted by atomic mass is 19.4. The van der Waals surface area contributed by atoms with Crippen LogP contribution in [-0.4, -0.2) is 29.2 Å². The minimum atomic E-state index is -4.21. The summed E-state index contributed by atoms with van der Waals surface area (Å²) < 4.78 is 37.7. The molecular formula is C14H22F3NO3. The number of nitrogens with one attached hydrogen (secondary N) is 1. The van der Waals surface area contributed by atoms with E-state index in [1.54, 1.807) is 6.92 Å². The molecule has 0 unspecified atom stereocenters. The number of halogens is 3. The third kappa shape index (κ3) is 4.89. The highest BCUT2D eigenvalue weighted by Gasteiger charge is 2.42. The van der Waals surface area contributed by atoms with E-state index in [1.165, 1.54) is 0 Å². The lowest BCUT2D eigenvalue weighted by Gasteiger charge is -2.30. The average Bonchev–Trinajstić information content (AvgIpc) is 2.42. The number of carbonyl (C=O) groups excluding carboxylic acids is 1. The van der Waals surface area contributed by atoms with Crippen molar-refractivity contribution in [1.82, 2.24) is 5.32 Å². The lowest BCUT2D eigenvalue weighted by molar-refractivity contribution is -0.184. The van der Waals surface area contributed by atoms with Crippen LogP contribution in [0.2, 0.25) is 0 Å². The number of aliphatic carboxylic acids is 1. The molecule has 1 saturated carbocycles. The molecule has 2 atom stereocenters. The normalized spacial score (nSPS) is 26.0. The fourth-order valence-corrected chi connectivity index (χ4v) is 2.64. The van der Waals surface area contributed by atoms with Gasteiger partial charge in [0.15, 0.2) is 0 Å². The molecule has 0 aromatic heterocycles. The number of carboxylic acid groups (broad SMARTS) is 1. The van der Waals surface area contributed by atoms with Crippen LogP contribution in [0.25, 0.3) is 0 Å². The lowest BCUT2D eigenvalue weighted by Crippen LogP contribution is -2.48. The van der Waals surface area contributed by atoms with Gasteiger partial charge >= 0.3 is 12.1 Å². The van der Waals surface area contributed by atoms with E-state index in [9.17, 15) is 22.8 Å². The van der Waals surface area contributed by atoms with Gasteiger partial charge in [0.05, 0.1) is 5.92 Å². The summed E-state index contributed by atoms with van der Waals surface area (Å²) in [4.78, 5) is 23.2. The molecule has 0 saturated heterocycles. The van der Waals surface area contributed by atoms with E-state index in [4.69, 9.17) is 5.11 Å². The number of alkyl halides is 3. The third-order valence-electron chi connectivity index (χ3n) is 4.34. The molecule has 4 nitrogen and oxygen atoms in total. The Morgan fingerprint density at radius 1 is 1.24 bits per heavy atom. The minimum Gasteiger partial charge on any atom is -0.480 e. The summed E-state index contributed by atoms with van der Waals surface area (Å²) in [5.74, 6) is -3.64. The van der Waals surface area contributed by atoms with Gasteiger partial charge in [-0.2, -0.15) is 13.2 Å². The Labute approximate surface area is 122 Å². The number of carboxylic acids is 1. The van der Waals surface area contributed by atoms with E-state index in [0.29, 0.717) is 6.42 Å². The summed E-state index contributed by atoms with van der Waals surface area (Å²) >= 11 is 0. The Bertz CT molecular complexity index is 376. The SMILES string of the molecule is CC[C@H](C)[C@H](NC(=O)C1CCC(C(F)(F)F)CC1)C(=O)O. The summed E-state index contributed by atoms with van der Waals surface area (Å²) in [6, 6.07) is -0.983. The molecule has 1 amide bonds. The number of rotatable bonds is 5. The summed E-state index contributed by atoms with van der Waals surface area (Å²) in [5, 5.41) is 11.6. The van der Waals surface area contributed by atoms with Crippen LogP contribution in [0.15, 0.2) is 0 Å². The van der Waals surface area contributed by atoms with Crippen molar-refractivity contribution in [3.05, 3.63) is 0 Å². The maximum atomic E-state index is 12.6. The van der Waals surface area contributed by atoms with Gasteiger partial charge < -0.3 is 10.4 Å². The van der Waals surface area contributed by atoms with Crippen molar-refractivity contribution in [1.29, 1.82) is 0 Å². The van der Waals surface area contributed by atoms with Crippen LogP contribution in [0.4, 0.5) is 13.2 Å². The first kappa shape index (κ1) is 17.8. The number of carbonyl (C=O) groups is 2. The Hall–Kier alpha value is -1.27. The summed E-state index contributed by atoms with van der Waals surface area (Å²) in [6.45, 7) is 3.54. The Kier molecular flexibility index (Phi) is 6.04. The maximum absolute atomic E-state index is 12.6. The molecule has 1 aliphatic carbocycles. The van der Waals surface area contributed by atoms with E-state index in [2.05, 4.69) is 5.32 Å². The van der Waals surface area contributed by atoms with Gasteiger partial charge in [-0.25, -0.2) is 4.79 Å². The second-order valence-corrected chi connectivity index (χ2v) is 5.80. The van der Waals surface area contributed by atoms with E-state index < -0.39 is 35.9 Å². The maximum Gasteiger partial charge on any atom is 0.391 e. The molecule has 0 radical (unpaired) electrons. The molecule has 0 bridgehead atoms. The number of hydrogen-bond donors (Lipinski definition) is 2. The number of amides is 1. The highest BCUT2D eigenvalue weighted by Crippen LogP contribution is 2.39. The molecule has 1 rings (SSSR count). The van der Waals surface area contributed by atoms with Gasteiger partial charge in [0.2, 0.25) is 5.91 Å². The molecule has 21 heavy (non-hydrogen) atoms. The van der Waals surface area contributed by atoms with Crippen molar-refractivity contribution < 1.29 is 27.9 Å². The fourth-order valence-electron chi connectivity index (χ4n) is 2.64. The summed E-state index contributed by atoms with van der Waals surface area (Å²) in [5.41, 5.74) is 0. The molecule has 122 valence electrons. The second kappa shape index (κ2) is 7.13. The predicted molar refractivity (Wildman–Crippen MR) is 70.5 cm³/mol. The van der Waals surface area contributed by atoms with Crippen molar-refractivity contribution in [2.75, 3.05) is 0 Å². The zero-order valence-electron chi connectivity index (χ0n) is 12.2. The summed E-state index contributed by atoms with van der Waals surface area (Å²) in [7, 11) is 0. The van der Waals surface area contributed by atoms with Crippen molar-refractivity contribution in [3.8, 4) is 0 Å². The van der Waals surface area contributed by atoms with Crippen molar-refractivity contribution in [2.45, 2.75) is 58.2 Å². The van der Waals surface area contributed by atoms with Gasteiger partial charge in [-0.1, -0.05) is 20.3 Å². The first-order valence-corrected chi connectivity index (χ1v) is 7.26. The molecule has 1 aliphatic rings. The quantitative estimate of drug-likeness (QED) is 0.820. The molecule has 0 aromatic carbocycles. The molecule has 0 aromatic rings. The average molecular weight is 309 g/mol. The van der Waals surface area contributed by atoms with Gasteiger partial charge in [0.1, 0.15) is 6.04 Å². The van der Waals surface area contributed by atoms with E-state index in [-0.39, 0.29) is 31.6 Å². The highest BCUT2D eigenvalue weighted by molar-refractivity contribution is 5.85. The van der Waals surface area contributed by atoms with Crippen LogP contribution in [0, 0.1) is 17.8 Å². The third-order valence-corrected chi connectivity index (χ3v) is 4.34.